The summed E-state index contributed by atoms with van der Waals surface area (Å²) in [7, 11) is 2.03. The van der Waals surface area contributed by atoms with E-state index in [1.54, 1.807) is 24.3 Å². The van der Waals surface area contributed by atoms with Crippen LogP contribution in [0.15, 0.2) is 36.4 Å². The molecule has 1 fully saturated rings. The van der Waals surface area contributed by atoms with Gasteiger partial charge in [-0.3, -0.25) is 14.4 Å². The number of halogens is 2. The van der Waals surface area contributed by atoms with E-state index in [-0.39, 0.29) is 11.8 Å². The lowest BCUT2D eigenvalue weighted by molar-refractivity contribution is -0.110. The molecule has 2 aromatic carbocycles. The van der Waals surface area contributed by atoms with E-state index in [4.69, 9.17) is 0 Å². The Bertz CT molecular complexity index is 1570. The second-order valence-electron chi connectivity index (χ2n) is 10.6. The van der Waals surface area contributed by atoms with Crippen molar-refractivity contribution in [3.63, 3.8) is 0 Å². The minimum absolute atomic E-state index is 0.0317. The number of hydrogen-bond acceptors (Lipinski definition) is 4. The Hall–Kier alpha value is -4.31. The average Bonchev–Trinajstić information content (AvgIpc) is 3.42. The number of anilines is 1. The summed E-state index contributed by atoms with van der Waals surface area (Å²) in [6.45, 7) is 8.49. The third-order valence-electron chi connectivity index (χ3n) is 7.89. The SMILES string of the molecule is CCC(NC(=O)c1ccc2c(c1)/C(=C/c1[nH]c(C)c(C(=O)N3CCN(C)CC3)c1C)C(=O)N2)c1ccc(F)c(F)c1. The molecule has 0 bridgehead atoms. The van der Waals surface area contributed by atoms with Gasteiger partial charge in [-0.15, -0.1) is 0 Å². The first kappa shape index (κ1) is 28.2. The highest BCUT2D eigenvalue weighted by Gasteiger charge is 2.29. The molecule has 5 rings (SSSR count). The minimum Gasteiger partial charge on any atom is -0.358 e. The van der Waals surface area contributed by atoms with Crippen molar-refractivity contribution < 1.29 is 23.2 Å². The molecule has 3 amide bonds. The molecule has 1 atom stereocenters. The van der Waals surface area contributed by atoms with Gasteiger partial charge in [-0.25, -0.2) is 8.78 Å². The number of H-pyrrole nitrogens is 1. The number of hydrogen-bond donors (Lipinski definition) is 3. The summed E-state index contributed by atoms with van der Waals surface area (Å²) in [5.41, 5.74) is 5.01. The fourth-order valence-corrected chi connectivity index (χ4v) is 5.42. The van der Waals surface area contributed by atoms with Gasteiger partial charge in [-0.2, -0.15) is 0 Å². The maximum Gasteiger partial charge on any atom is 0.256 e. The predicted octanol–water partition coefficient (Wildman–Crippen LogP) is 4.67. The molecule has 41 heavy (non-hydrogen) atoms. The van der Waals surface area contributed by atoms with Crippen molar-refractivity contribution in [1.82, 2.24) is 20.1 Å². The first-order chi connectivity index (χ1) is 19.6. The van der Waals surface area contributed by atoms with E-state index in [1.807, 2.05) is 32.7 Å². The molecule has 3 heterocycles. The number of fused-ring (bicyclic) bond motifs is 1. The topological polar surface area (TPSA) is 97.5 Å². The van der Waals surface area contributed by atoms with Gasteiger partial charge < -0.3 is 25.4 Å². The van der Waals surface area contributed by atoms with Gasteiger partial charge in [0.1, 0.15) is 0 Å². The molecule has 2 aliphatic rings. The van der Waals surface area contributed by atoms with E-state index >= 15 is 0 Å². The van der Waals surface area contributed by atoms with Crippen LogP contribution in [0, 0.1) is 25.5 Å². The molecule has 0 radical (unpaired) electrons. The van der Waals surface area contributed by atoms with Crippen LogP contribution in [0.4, 0.5) is 14.5 Å². The number of aryl methyl sites for hydroxylation is 1. The number of benzene rings is 2. The molecule has 2 aliphatic heterocycles. The van der Waals surface area contributed by atoms with Crippen molar-refractivity contribution in [2.45, 2.75) is 33.2 Å². The highest BCUT2D eigenvalue weighted by molar-refractivity contribution is 6.35. The zero-order chi connectivity index (χ0) is 29.4. The van der Waals surface area contributed by atoms with Crippen molar-refractivity contribution in [3.05, 3.63) is 87.2 Å². The van der Waals surface area contributed by atoms with E-state index in [0.29, 0.717) is 58.7 Å². The van der Waals surface area contributed by atoms with Crippen molar-refractivity contribution in [2.75, 3.05) is 38.5 Å². The van der Waals surface area contributed by atoms with Crippen LogP contribution in [0.1, 0.15) is 68.2 Å². The van der Waals surface area contributed by atoms with Gasteiger partial charge in [0.2, 0.25) is 0 Å². The summed E-state index contributed by atoms with van der Waals surface area (Å²) in [5.74, 6) is -2.68. The Morgan fingerprint density at radius 1 is 1.05 bits per heavy atom. The molecule has 214 valence electrons. The standard InChI is InChI=1S/C31H33F2N5O3/c1-5-25(19-6-8-23(32)24(33)15-19)35-29(39)20-7-9-26-21(14-20)22(30(40)36-26)16-27-17(2)28(18(3)34-27)31(41)38-12-10-37(4)11-13-38/h6-9,14-16,25,34H,5,10-13H2,1-4H3,(H,35,39)(H,36,40)/b22-16-. The van der Waals surface area contributed by atoms with Gasteiger partial charge in [0, 0.05) is 54.4 Å². The van der Waals surface area contributed by atoms with Crippen molar-refractivity contribution in [3.8, 4) is 0 Å². The van der Waals surface area contributed by atoms with Crippen LogP contribution in [0.3, 0.4) is 0 Å². The van der Waals surface area contributed by atoms with Crippen LogP contribution in [-0.2, 0) is 4.79 Å². The number of aromatic amines is 1. The average molecular weight is 562 g/mol. The normalized spacial score (nSPS) is 17.0. The lowest BCUT2D eigenvalue weighted by atomic mass is 10.00. The van der Waals surface area contributed by atoms with Crippen LogP contribution in [-0.4, -0.2) is 65.7 Å². The molecule has 8 nitrogen and oxygen atoms in total. The molecule has 1 saturated heterocycles. The number of amides is 3. The Kier molecular flexibility index (Phi) is 7.77. The molecule has 1 unspecified atom stereocenters. The quantitative estimate of drug-likeness (QED) is 0.381. The smallest absolute Gasteiger partial charge is 0.256 e. The van der Waals surface area contributed by atoms with Crippen molar-refractivity contribution in [1.29, 1.82) is 0 Å². The largest absolute Gasteiger partial charge is 0.358 e. The van der Waals surface area contributed by atoms with E-state index in [1.165, 1.54) is 6.07 Å². The lowest BCUT2D eigenvalue weighted by Gasteiger charge is -2.32. The van der Waals surface area contributed by atoms with Crippen LogP contribution in [0.5, 0.6) is 0 Å². The highest BCUT2D eigenvalue weighted by Crippen LogP contribution is 2.35. The molecule has 10 heteroatoms. The van der Waals surface area contributed by atoms with E-state index < -0.39 is 23.6 Å². The molecule has 0 spiro atoms. The first-order valence-corrected chi connectivity index (χ1v) is 13.7. The first-order valence-electron chi connectivity index (χ1n) is 13.7. The molecule has 3 aromatic rings. The third-order valence-corrected chi connectivity index (χ3v) is 7.89. The summed E-state index contributed by atoms with van der Waals surface area (Å²) in [4.78, 5) is 46.8. The zero-order valence-electron chi connectivity index (χ0n) is 23.5. The Morgan fingerprint density at radius 3 is 2.46 bits per heavy atom. The summed E-state index contributed by atoms with van der Waals surface area (Å²) in [6, 6.07) is 7.94. The third kappa shape index (κ3) is 5.52. The van der Waals surface area contributed by atoms with Gasteiger partial charge in [-0.05, 0) is 74.9 Å². The Labute approximate surface area is 237 Å². The number of likely N-dealkylation sites (N-methyl/N-ethyl adjacent to an activating group) is 1. The highest BCUT2D eigenvalue weighted by atomic mass is 19.2. The number of piperazine rings is 1. The molecular weight excluding hydrogens is 528 g/mol. The van der Waals surface area contributed by atoms with Gasteiger partial charge in [0.05, 0.1) is 17.2 Å². The fraction of sp³-hybridized carbons (Fsp3) is 0.323. The van der Waals surface area contributed by atoms with Crippen LogP contribution in [0.2, 0.25) is 0 Å². The molecule has 0 aliphatic carbocycles. The van der Waals surface area contributed by atoms with Crippen molar-refractivity contribution >= 4 is 35.1 Å². The second-order valence-corrected chi connectivity index (χ2v) is 10.6. The Balaban J connectivity index is 1.41. The number of aromatic nitrogens is 1. The van der Waals surface area contributed by atoms with Crippen LogP contribution in [0.25, 0.3) is 11.6 Å². The number of carbonyl (C=O) groups excluding carboxylic acids is 3. The van der Waals surface area contributed by atoms with Gasteiger partial charge >= 0.3 is 0 Å². The summed E-state index contributed by atoms with van der Waals surface area (Å²) in [6.07, 6.45) is 2.18. The summed E-state index contributed by atoms with van der Waals surface area (Å²) >= 11 is 0. The van der Waals surface area contributed by atoms with Gasteiger partial charge in [0.25, 0.3) is 17.7 Å². The minimum atomic E-state index is -0.977. The number of nitrogens with one attached hydrogen (secondary N) is 3. The van der Waals surface area contributed by atoms with Crippen LogP contribution < -0.4 is 10.6 Å². The van der Waals surface area contributed by atoms with E-state index in [2.05, 4.69) is 20.5 Å². The van der Waals surface area contributed by atoms with E-state index in [9.17, 15) is 23.2 Å². The predicted molar refractivity (Wildman–Crippen MR) is 153 cm³/mol. The maximum absolute atomic E-state index is 13.8. The number of nitrogens with zero attached hydrogens (tertiary/aromatic N) is 2. The molecule has 0 saturated carbocycles. The van der Waals surface area contributed by atoms with Gasteiger partial charge in [0.15, 0.2) is 11.6 Å². The van der Waals surface area contributed by atoms with Crippen LogP contribution >= 0.6 is 0 Å². The Morgan fingerprint density at radius 2 is 1.78 bits per heavy atom. The fourth-order valence-electron chi connectivity index (χ4n) is 5.42. The molecular formula is C31H33F2N5O3. The molecule has 1 aromatic heterocycles. The molecule has 3 N–H and O–H groups in total. The lowest BCUT2D eigenvalue weighted by Crippen LogP contribution is -2.47. The zero-order valence-corrected chi connectivity index (χ0v) is 23.5. The van der Waals surface area contributed by atoms with Crippen molar-refractivity contribution in [2.24, 2.45) is 0 Å². The summed E-state index contributed by atoms with van der Waals surface area (Å²) < 4.78 is 27.2. The summed E-state index contributed by atoms with van der Waals surface area (Å²) in [5, 5.41) is 5.71. The monoisotopic (exact) mass is 561 g/mol. The number of rotatable bonds is 6. The van der Waals surface area contributed by atoms with Gasteiger partial charge in [-0.1, -0.05) is 13.0 Å². The maximum atomic E-state index is 13.8. The number of carbonyl (C=O) groups is 3. The second kappa shape index (κ2) is 11.3. The van der Waals surface area contributed by atoms with E-state index in [0.717, 1.165) is 36.5 Å².